The van der Waals surface area contributed by atoms with Crippen molar-refractivity contribution in [2.75, 3.05) is 19.5 Å². The lowest BCUT2D eigenvalue weighted by Crippen LogP contribution is -2.48. The van der Waals surface area contributed by atoms with E-state index in [9.17, 15) is 24.3 Å². The molecule has 0 aliphatic rings. The van der Waals surface area contributed by atoms with Gasteiger partial charge >= 0.3 is 17.9 Å². The number of carboxylic acid groups (broad SMARTS) is 1. The minimum atomic E-state index is -2.18. The van der Waals surface area contributed by atoms with Crippen LogP contribution in [0.5, 0.6) is 11.5 Å². The van der Waals surface area contributed by atoms with Gasteiger partial charge in [0, 0.05) is 10.2 Å². The van der Waals surface area contributed by atoms with Gasteiger partial charge in [0.15, 0.2) is 0 Å². The number of methoxy groups -OCH3 is 2. The molecule has 0 fully saturated rings. The van der Waals surface area contributed by atoms with Crippen molar-refractivity contribution < 1.29 is 43.2 Å². The summed E-state index contributed by atoms with van der Waals surface area (Å²) in [5, 5.41) is 12.3. The maximum atomic E-state index is 13.2. The van der Waals surface area contributed by atoms with Gasteiger partial charge in [-0.05, 0) is 60.7 Å². The molecule has 0 radical (unpaired) electrons. The van der Waals surface area contributed by atoms with Gasteiger partial charge in [0.25, 0.3) is 5.91 Å². The van der Waals surface area contributed by atoms with Gasteiger partial charge in [0.05, 0.1) is 25.3 Å². The van der Waals surface area contributed by atoms with Crippen LogP contribution in [0.1, 0.15) is 20.7 Å². The van der Waals surface area contributed by atoms with Crippen LogP contribution in [0.4, 0.5) is 5.69 Å². The largest absolute Gasteiger partial charge is 0.497 e. The van der Waals surface area contributed by atoms with E-state index in [0.717, 1.165) is 4.47 Å². The van der Waals surface area contributed by atoms with E-state index in [1.807, 2.05) is 0 Å². The number of carbonyl (C=O) groups excluding carboxylic acids is 3. The summed E-state index contributed by atoms with van der Waals surface area (Å²) in [6.07, 6.45) is -4.22. The maximum absolute atomic E-state index is 13.2. The Morgan fingerprint density at radius 1 is 0.757 bits per heavy atom. The average molecular weight is 572 g/mol. The SMILES string of the molecule is COc1cccc(C(=O)O[C@@H](C(=O)O)[C@@H](OC(=O)c2cccc(OC)c2)C(=O)Nc2ccc(Br)cc2)c1. The molecule has 1 amide bonds. The third-order valence-corrected chi connectivity index (χ3v) is 5.50. The second-order valence-electron chi connectivity index (χ2n) is 7.45. The van der Waals surface area contributed by atoms with Gasteiger partial charge in [-0.25, -0.2) is 14.4 Å². The molecule has 3 rings (SSSR count). The zero-order valence-electron chi connectivity index (χ0n) is 19.7. The van der Waals surface area contributed by atoms with Gasteiger partial charge < -0.3 is 29.4 Å². The fourth-order valence-corrected chi connectivity index (χ4v) is 3.37. The van der Waals surface area contributed by atoms with E-state index in [0.29, 0.717) is 17.2 Å². The first kappa shape index (κ1) is 27.2. The molecule has 0 aromatic heterocycles. The Hall–Kier alpha value is -4.38. The Balaban J connectivity index is 1.92. The smallest absolute Gasteiger partial charge is 0.349 e. The van der Waals surface area contributed by atoms with E-state index in [2.05, 4.69) is 21.2 Å². The molecule has 3 aromatic carbocycles. The standard InChI is InChI=1S/C26H22BrNO9/c1-34-19-7-3-5-15(13-19)25(32)36-21(23(29)28-18-11-9-17(27)10-12-18)22(24(30)31)37-26(33)16-6-4-8-20(14-16)35-2/h3-14,21-22H,1-2H3,(H,28,29)(H,30,31)/t21-,22-/m1/s1. The molecule has 2 atom stereocenters. The van der Waals surface area contributed by atoms with Crippen LogP contribution >= 0.6 is 15.9 Å². The number of nitrogens with one attached hydrogen (secondary N) is 1. The quantitative estimate of drug-likeness (QED) is 0.346. The van der Waals surface area contributed by atoms with E-state index in [4.69, 9.17) is 18.9 Å². The van der Waals surface area contributed by atoms with Crippen LogP contribution in [0.3, 0.4) is 0 Å². The first-order valence-corrected chi connectivity index (χ1v) is 11.5. The van der Waals surface area contributed by atoms with Crippen molar-refractivity contribution in [2.45, 2.75) is 12.2 Å². The molecule has 0 saturated carbocycles. The zero-order chi connectivity index (χ0) is 26.9. The van der Waals surface area contributed by atoms with Gasteiger partial charge in [-0.1, -0.05) is 28.1 Å². The highest BCUT2D eigenvalue weighted by Gasteiger charge is 2.41. The minimum absolute atomic E-state index is 0.0101. The normalized spacial score (nSPS) is 12.0. The zero-order valence-corrected chi connectivity index (χ0v) is 21.3. The lowest BCUT2D eigenvalue weighted by atomic mass is 10.1. The van der Waals surface area contributed by atoms with Gasteiger partial charge in [0.1, 0.15) is 11.5 Å². The predicted molar refractivity (Wildman–Crippen MR) is 135 cm³/mol. The molecular weight excluding hydrogens is 550 g/mol. The Labute approximate surface area is 220 Å². The Kier molecular flexibility index (Phi) is 9.22. The highest BCUT2D eigenvalue weighted by molar-refractivity contribution is 9.10. The van der Waals surface area contributed by atoms with Crippen molar-refractivity contribution in [2.24, 2.45) is 0 Å². The van der Waals surface area contributed by atoms with Crippen LogP contribution in [0.15, 0.2) is 77.3 Å². The summed E-state index contributed by atoms with van der Waals surface area (Å²) in [4.78, 5) is 50.9. The molecule has 0 aliphatic carbocycles. The third kappa shape index (κ3) is 7.31. The van der Waals surface area contributed by atoms with Gasteiger partial charge in [-0.3, -0.25) is 4.79 Å². The summed E-state index contributed by atoms with van der Waals surface area (Å²) in [5.74, 6) is -4.15. The molecule has 37 heavy (non-hydrogen) atoms. The van der Waals surface area contributed by atoms with Crippen molar-refractivity contribution >= 4 is 45.4 Å². The summed E-state index contributed by atoms with van der Waals surface area (Å²) in [7, 11) is 2.79. The Bertz CT molecular complexity index is 1290. The number of carboxylic acids is 1. The van der Waals surface area contributed by atoms with Crippen molar-refractivity contribution in [1.29, 1.82) is 0 Å². The number of rotatable bonds is 10. The lowest BCUT2D eigenvalue weighted by Gasteiger charge is -2.23. The van der Waals surface area contributed by atoms with Gasteiger partial charge in [-0.2, -0.15) is 0 Å². The number of ether oxygens (including phenoxy) is 4. The molecule has 0 aliphatic heterocycles. The summed E-state index contributed by atoms with van der Waals surface area (Å²) < 4.78 is 21.3. The molecule has 0 heterocycles. The van der Waals surface area contributed by atoms with Crippen molar-refractivity contribution in [3.05, 3.63) is 88.4 Å². The molecule has 192 valence electrons. The van der Waals surface area contributed by atoms with Crippen LogP contribution in [-0.4, -0.2) is 55.3 Å². The number of aliphatic carboxylic acids is 1. The molecule has 3 aromatic rings. The maximum Gasteiger partial charge on any atom is 0.349 e. The Morgan fingerprint density at radius 3 is 1.70 bits per heavy atom. The fraction of sp³-hybridized carbons (Fsp3) is 0.154. The van der Waals surface area contributed by atoms with E-state index in [1.54, 1.807) is 36.4 Å². The van der Waals surface area contributed by atoms with Gasteiger partial charge in [-0.15, -0.1) is 0 Å². The number of hydrogen-bond donors (Lipinski definition) is 2. The molecule has 0 unspecified atom stereocenters. The second-order valence-corrected chi connectivity index (χ2v) is 8.37. The van der Waals surface area contributed by atoms with E-state index < -0.39 is 36.0 Å². The van der Waals surface area contributed by atoms with Crippen LogP contribution in [0.2, 0.25) is 0 Å². The molecule has 0 spiro atoms. The number of carbonyl (C=O) groups is 4. The monoisotopic (exact) mass is 571 g/mol. The molecular formula is C26H22BrNO9. The van der Waals surface area contributed by atoms with E-state index in [1.165, 1.54) is 50.6 Å². The summed E-state index contributed by atoms with van der Waals surface area (Å²) in [5.41, 5.74) is 0.250. The number of anilines is 1. The molecule has 11 heteroatoms. The van der Waals surface area contributed by atoms with E-state index in [-0.39, 0.29) is 11.1 Å². The molecule has 0 bridgehead atoms. The number of amides is 1. The molecule has 2 N–H and O–H groups in total. The summed E-state index contributed by atoms with van der Waals surface area (Å²) in [6, 6.07) is 18.0. The third-order valence-electron chi connectivity index (χ3n) is 4.97. The highest BCUT2D eigenvalue weighted by atomic mass is 79.9. The van der Waals surface area contributed by atoms with Gasteiger partial charge in [0.2, 0.25) is 12.2 Å². The van der Waals surface area contributed by atoms with Crippen molar-refractivity contribution in [1.82, 2.24) is 0 Å². The molecule has 10 nitrogen and oxygen atoms in total. The number of hydrogen-bond acceptors (Lipinski definition) is 8. The fourth-order valence-electron chi connectivity index (χ4n) is 3.11. The molecule has 0 saturated heterocycles. The first-order chi connectivity index (χ1) is 17.7. The lowest BCUT2D eigenvalue weighted by molar-refractivity contribution is -0.157. The second kappa shape index (κ2) is 12.5. The minimum Gasteiger partial charge on any atom is -0.497 e. The number of halogens is 1. The van der Waals surface area contributed by atoms with Crippen LogP contribution in [0.25, 0.3) is 0 Å². The van der Waals surface area contributed by atoms with Crippen LogP contribution in [0, 0.1) is 0 Å². The topological polar surface area (TPSA) is 137 Å². The summed E-state index contributed by atoms with van der Waals surface area (Å²) in [6.45, 7) is 0. The highest BCUT2D eigenvalue weighted by Crippen LogP contribution is 2.20. The predicted octanol–water partition coefficient (Wildman–Crippen LogP) is 3.94. The van der Waals surface area contributed by atoms with Crippen molar-refractivity contribution in [3.8, 4) is 11.5 Å². The number of esters is 2. The number of benzene rings is 3. The summed E-state index contributed by atoms with van der Waals surface area (Å²) >= 11 is 3.28. The van der Waals surface area contributed by atoms with Crippen molar-refractivity contribution in [3.63, 3.8) is 0 Å². The van der Waals surface area contributed by atoms with Crippen LogP contribution in [-0.2, 0) is 19.1 Å². The van der Waals surface area contributed by atoms with E-state index >= 15 is 0 Å². The van der Waals surface area contributed by atoms with Crippen LogP contribution < -0.4 is 14.8 Å². The Morgan fingerprint density at radius 2 is 1.24 bits per heavy atom. The first-order valence-electron chi connectivity index (χ1n) is 10.7. The average Bonchev–Trinajstić information content (AvgIpc) is 2.91.